The first-order valence-electron chi connectivity index (χ1n) is 12.4. The quantitative estimate of drug-likeness (QED) is 0.465. The number of hydrogen-bond acceptors (Lipinski definition) is 6. The van der Waals surface area contributed by atoms with Crippen LogP contribution in [0.3, 0.4) is 0 Å². The van der Waals surface area contributed by atoms with Crippen LogP contribution >= 0.6 is 0 Å². The number of ether oxygens (including phenoxy) is 2. The van der Waals surface area contributed by atoms with E-state index in [1.165, 1.54) is 6.07 Å². The van der Waals surface area contributed by atoms with Crippen molar-refractivity contribution in [1.29, 1.82) is 0 Å². The lowest BCUT2D eigenvalue weighted by atomic mass is 9.88. The summed E-state index contributed by atoms with van der Waals surface area (Å²) in [5.74, 6) is 0.676. The number of piperidine rings is 1. The number of H-pyrrole nitrogens is 1. The average Bonchev–Trinajstić information content (AvgIpc) is 3.27. The Balaban J connectivity index is 1.28. The minimum Gasteiger partial charge on any atom is -0.406 e. The van der Waals surface area contributed by atoms with Crippen LogP contribution in [0.4, 0.5) is 18.9 Å². The van der Waals surface area contributed by atoms with Crippen molar-refractivity contribution in [3.63, 3.8) is 0 Å². The molecule has 1 aromatic carbocycles. The van der Waals surface area contributed by atoms with Gasteiger partial charge in [-0.15, -0.1) is 13.2 Å². The third-order valence-corrected chi connectivity index (χ3v) is 7.24. The van der Waals surface area contributed by atoms with Crippen molar-refractivity contribution in [2.45, 2.75) is 63.3 Å². The number of amides is 1. The van der Waals surface area contributed by atoms with Crippen LogP contribution in [-0.4, -0.2) is 57.4 Å². The molecule has 2 fully saturated rings. The van der Waals surface area contributed by atoms with Gasteiger partial charge in [0.05, 0.1) is 16.7 Å². The van der Waals surface area contributed by atoms with Gasteiger partial charge in [-0.1, -0.05) is 0 Å². The highest BCUT2D eigenvalue weighted by atomic mass is 19.4. The van der Waals surface area contributed by atoms with Gasteiger partial charge in [0, 0.05) is 43.6 Å². The average molecular weight is 518 g/mol. The summed E-state index contributed by atoms with van der Waals surface area (Å²) in [6, 6.07) is 5.42. The third kappa shape index (κ3) is 5.51. The van der Waals surface area contributed by atoms with Gasteiger partial charge in [0.15, 0.2) is 5.65 Å². The number of carbonyl (C=O) groups is 1. The van der Waals surface area contributed by atoms with Crippen LogP contribution in [0.5, 0.6) is 5.75 Å². The van der Waals surface area contributed by atoms with Crippen LogP contribution in [0.2, 0.25) is 0 Å². The predicted octanol–water partition coefficient (Wildman–Crippen LogP) is 5.13. The number of nitrogen functional groups attached to an aromatic ring is 1. The first-order chi connectivity index (χ1) is 17.5. The highest BCUT2D eigenvalue weighted by Gasteiger charge is 2.33. The largest absolute Gasteiger partial charge is 0.573 e. The Labute approximate surface area is 212 Å². The lowest BCUT2D eigenvalue weighted by molar-refractivity contribution is -0.274. The number of benzene rings is 1. The molecular weight excluding hydrogens is 487 g/mol. The Morgan fingerprint density at radius 2 is 1.95 bits per heavy atom. The first kappa shape index (κ1) is 25.3. The Morgan fingerprint density at radius 3 is 2.62 bits per heavy atom. The van der Waals surface area contributed by atoms with E-state index in [9.17, 15) is 18.0 Å². The summed E-state index contributed by atoms with van der Waals surface area (Å²) in [5, 5.41) is 0. The normalized spacial score (nSPS) is 20.8. The number of hydrogen-bond donors (Lipinski definition) is 2. The van der Waals surface area contributed by atoms with Gasteiger partial charge in [0.25, 0.3) is 5.91 Å². The maximum atomic E-state index is 13.1. The fourth-order valence-electron chi connectivity index (χ4n) is 5.44. The highest BCUT2D eigenvalue weighted by Crippen LogP contribution is 2.37. The number of rotatable bonds is 4. The third-order valence-electron chi connectivity index (χ3n) is 7.24. The molecule has 2 aliphatic rings. The van der Waals surface area contributed by atoms with E-state index in [0.29, 0.717) is 25.3 Å². The van der Waals surface area contributed by atoms with Gasteiger partial charge < -0.3 is 25.1 Å². The number of pyridine rings is 1. The standard InChI is InChI=1S/C26H30F3N5O3/c1-25(2)14-16(8-12-36-25)22-32-21-18(5-9-31-23(21)33-22)15-6-10-34(11-7-15)24(35)19-4-3-17(13-20(19)30)37-26(27,28)29/h3-5,9,13,15-16H,6-8,10-12,14,30H2,1-2H3,(H,31,32,33)/t16-/m1/s1. The molecule has 0 bridgehead atoms. The van der Waals surface area contributed by atoms with Crippen LogP contribution in [0.25, 0.3) is 11.2 Å². The van der Waals surface area contributed by atoms with Crippen molar-refractivity contribution in [2.75, 3.05) is 25.4 Å². The molecule has 1 amide bonds. The Bertz CT molecular complexity index is 1300. The van der Waals surface area contributed by atoms with Crippen molar-refractivity contribution < 1.29 is 27.4 Å². The van der Waals surface area contributed by atoms with Crippen molar-refractivity contribution in [3.05, 3.63) is 47.4 Å². The van der Waals surface area contributed by atoms with E-state index in [-0.39, 0.29) is 34.6 Å². The van der Waals surface area contributed by atoms with Gasteiger partial charge in [0.2, 0.25) is 0 Å². The van der Waals surface area contributed by atoms with Crippen molar-refractivity contribution >= 4 is 22.8 Å². The van der Waals surface area contributed by atoms with Gasteiger partial charge in [-0.05, 0) is 69.2 Å². The zero-order valence-electron chi connectivity index (χ0n) is 20.8. The van der Waals surface area contributed by atoms with Gasteiger partial charge in [0.1, 0.15) is 11.6 Å². The molecule has 5 rings (SSSR count). The maximum absolute atomic E-state index is 13.1. The summed E-state index contributed by atoms with van der Waals surface area (Å²) in [4.78, 5) is 27.6. The fraction of sp³-hybridized carbons (Fsp3) is 0.500. The summed E-state index contributed by atoms with van der Waals surface area (Å²) >= 11 is 0. The molecule has 0 spiro atoms. The zero-order valence-corrected chi connectivity index (χ0v) is 20.8. The van der Waals surface area contributed by atoms with Gasteiger partial charge >= 0.3 is 6.36 Å². The molecule has 0 unspecified atom stereocenters. The number of alkyl halides is 3. The molecule has 0 radical (unpaired) electrons. The smallest absolute Gasteiger partial charge is 0.406 e. The lowest BCUT2D eigenvalue weighted by Gasteiger charge is -2.34. The number of carbonyl (C=O) groups excluding carboxylic acids is 1. The topological polar surface area (TPSA) is 106 Å². The van der Waals surface area contributed by atoms with Crippen LogP contribution in [0.15, 0.2) is 30.5 Å². The van der Waals surface area contributed by atoms with Crippen molar-refractivity contribution in [3.8, 4) is 5.75 Å². The van der Waals surface area contributed by atoms with E-state index in [2.05, 4.69) is 28.6 Å². The van der Waals surface area contributed by atoms with Crippen LogP contribution in [0.1, 0.15) is 73.1 Å². The van der Waals surface area contributed by atoms with Crippen molar-refractivity contribution in [1.82, 2.24) is 19.9 Å². The SMILES string of the molecule is CC1(C)C[C@H](c2nc3nccc(C4CCN(C(=O)c5ccc(OC(F)(F)F)cc5N)CC4)c3[nH]2)CCO1. The molecule has 3 N–H and O–H groups in total. The van der Waals surface area contributed by atoms with E-state index in [1.54, 1.807) is 11.1 Å². The molecular formula is C26H30F3N5O3. The van der Waals surface area contributed by atoms with Crippen LogP contribution < -0.4 is 10.5 Å². The summed E-state index contributed by atoms with van der Waals surface area (Å²) in [6.45, 7) is 5.90. The monoisotopic (exact) mass is 517 g/mol. The number of nitrogens with zero attached hydrogens (tertiary/aromatic N) is 3. The minimum absolute atomic E-state index is 0.0500. The molecule has 8 nitrogen and oxygen atoms in total. The molecule has 1 atom stereocenters. The molecule has 0 saturated carbocycles. The van der Waals surface area contributed by atoms with Gasteiger partial charge in [-0.2, -0.15) is 0 Å². The summed E-state index contributed by atoms with van der Waals surface area (Å²) < 4.78 is 47.2. The summed E-state index contributed by atoms with van der Waals surface area (Å²) in [5.41, 5.74) is 8.59. The van der Waals surface area contributed by atoms with Crippen LogP contribution in [-0.2, 0) is 4.74 Å². The second-order valence-corrected chi connectivity index (χ2v) is 10.4. The van der Waals surface area contributed by atoms with Gasteiger partial charge in [-0.3, -0.25) is 4.79 Å². The Kier molecular flexibility index (Phi) is 6.51. The summed E-state index contributed by atoms with van der Waals surface area (Å²) in [6.07, 6.45) is 0.214. The van der Waals surface area contributed by atoms with E-state index in [0.717, 1.165) is 54.7 Å². The molecule has 0 aliphatic carbocycles. The molecule has 2 aromatic heterocycles. The van der Waals surface area contributed by atoms with Crippen LogP contribution in [0, 0.1) is 0 Å². The lowest BCUT2D eigenvalue weighted by Crippen LogP contribution is -2.38. The molecule has 2 saturated heterocycles. The second-order valence-electron chi connectivity index (χ2n) is 10.4. The second kappa shape index (κ2) is 9.51. The number of aromatic nitrogens is 3. The zero-order chi connectivity index (χ0) is 26.4. The van der Waals surface area contributed by atoms with E-state index in [4.69, 9.17) is 15.5 Å². The summed E-state index contributed by atoms with van der Waals surface area (Å²) in [7, 11) is 0. The van der Waals surface area contributed by atoms with E-state index in [1.807, 2.05) is 6.07 Å². The number of halogens is 3. The Hall–Kier alpha value is -3.34. The van der Waals surface area contributed by atoms with E-state index >= 15 is 0 Å². The number of imidazole rings is 1. The van der Waals surface area contributed by atoms with Crippen molar-refractivity contribution in [2.24, 2.45) is 0 Å². The predicted molar refractivity (Wildman–Crippen MR) is 131 cm³/mol. The first-order valence-corrected chi connectivity index (χ1v) is 12.4. The molecule has 4 heterocycles. The minimum atomic E-state index is -4.82. The number of aromatic amines is 1. The molecule has 198 valence electrons. The fourth-order valence-corrected chi connectivity index (χ4v) is 5.44. The van der Waals surface area contributed by atoms with E-state index < -0.39 is 12.1 Å². The number of fused-ring (bicyclic) bond motifs is 1. The number of anilines is 1. The molecule has 37 heavy (non-hydrogen) atoms. The molecule has 3 aromatic rings. The maximum Gasteiger partial charge on any atom is 0.573 e. The highest BCUT2D eigenvalue weighted by molar-refractivity contribution is 5.99. The van der Waals surface area contributed by atoms with Gasteiger partial charge in [-0.25, -0.2) is 9.97 Å². The number of nitrogens with one attached hydrogen (secondary N) is 1. The Morgan fingerprint density at radius 1 is 1.19 bits per heavy atom. The molecule has 11 heteroatoms. The number of likely N-dealkylation sites (tertiary alicyclic amines) is 1. The number of nitrogens with two attached hydrogens (primary N) is 1. The molecule has 2 aliphatic heterocycles.